The molecule has 0 atom stereocenters. The third-order valence-electron chi connectivity index (χ3n) is 3.57. The third-order valence-corrected chi connectivity index (χ3v) is 4.61. The molecule has 0 bridgehead atoms. The first-order chi connectivity index (χ1) is 12.6. The second-order valence-electron chi connectivity index (χ2n) is 5.37. The van der Waals surface area contributed by atoms with Crippen molar-refractivity contribution in [2.45, 2.75) is 6.54 Å². The second-order valence-corrected chi connectivity index (χ2v) is 6.37. The van der Waals surface area contributed by atoms with Gasteiger partial charge in [-0.05, 0) is 30.3 Å². The van der Waals surface area contributed by atoms with E-state index < -0.39 is 18.3 Å². The number of nitrogens with zero attached hydrogens (tertiary/aromatic N) is 2. The Balaban J connectivity index is 1.87. The highest BCUT2D eigenvalue weighted by molar-refractivity contribution is 7.16. The van der Waals surface area contributed by atoms with E-state index >= 15 is 0 Å². The lowest BCUT2D eigenvalue weighted by Gasteiger charge is -2.05. The summed E-state index contributed by atoms with van der Waals surface area (Å²) in [6.45, 7) is 0.479. The van der Waals surface area contributed by atoms with Crippen LogP contribution in [-0.4, -0.2) is 30.8 Å². The predicted molar refractivity (Wildman–Crippen MR) is 94.1 cm³/mol. The van der Waals surface area contributed by atoms with Gasteiger partial charge in [0.1, 0.15) is 5.82 Å². The van der Waals surface area contributed by atoms with E-state index in [4.69, 9.17) is 9.47 Å². The fraction of sp³-hybridized carbons (Fsp3) is 0.222. The molecule has 1 heterocycles. The fourth-order valence-electron chi connectivity index (χ4n) is 2.37. The largest absolute Gasteiger partial charge is 0.481 e. The number of benzene rings is 2. The number of carbonyl (C=O) groups is 1. The average Bonchev–Trinajstić information content (AvgIpc) is 2.95. The van der Waals surface area contributed by atoms with Crippen LogP contribution in [0.15, 0.2) is 47.5 Å². The summed E-state index contributed by atoms with van der Waals surface area (Å²) in [6, 6.07) is 10.2. The number of hydrogen-bond donors (Lipinski definition) is 0. The summed E-state index contributed by atoms with van der Waals surface area (Å²) in [4.78, 5) is 16.6. The van der Waals surface area contributed by atoms with E-state index in [0.717, 1.165) is 5.52 Å². The SMILES string of the molecule is COCCn1c(=NC(=O)COc2ccccc2F)sc2cc(F)ccc21. The Labute approximate surface area is 152 Å². The van der Waals surface area contributed by atoms with Crippen LogP contribution in [0.25, 0.3) is 10.2 Å². The minimum absolute atomic E-state index is 0.0123. The molecule has 136 valence electrons. The number of halogens is 2. The maximum Gasteiger partial charge on any atom is 0.286 e. The van der Waals surface area contributed by atoms with Crippen molar-refractivity contribution in [1.82, 2.24) is 4.57 Å². The molecule has 0 fully saturated rings. The quantitative estimate of drug-likeness (QED) is 0.662. The van der Waals surface area contributed by atoms with E-state index in [-0.39, 0.29) is 11.6 Å². The molecule has 0 spiro atoms. The smallest absolute Gasteiger partial charge is 0.286 e. The average molecular weight is 378 g/mol. The molecule has 1 amide bonds. The molecule has 0 aliphatic carbocycles. The summed E-state index contributed by atoms with van der Waals surface area (Å²) in [7, 11) is 1.57. The molecule has 0 radical (unpaired) electrons. The Morgan fingerprint density at radius 1 is 1.23 bits per heavy atom. The Morgan fingerprint density at radius 2 is 2.04 bits per heavy atom. The molecule has 1 aromatic heterocycles. The van der Waals surface area contributed by atoms with Crippen LogP contribution in [0.3, 0.4) is 0 Å². The first-order valence-electron chi connectivity index (χ1n) is 7.81. The molecule has 0 N–H and O–H groups in total. The van der Waals surface area contributed by atoms with Crippen molar-refractivity contribution in [3.8, 4) is 5.75 Å². The first-order valence-corrected chi connectivity index (χ1v) is 8.63. The Bertz CT molecular complexity index is 998. The van der Waals surface area contributed by atoms with Gasteiger partial charge >= 0.3 is 0 Å². The highest BCUT2D eigenvalue weighted by Crippen LogP contribution is 2.19. The van der Waals surface area contributed by atoms with Gasteiger partial charge in [-0.1, -0.05) is 23.5 Å². The minimum Gasteiger partial charge on any atom is -0.481 e. The molecule has 3 aromatic rings. The van der Waals surface area contributed by atoms with Crippen LogP contribution < -0.4 is 9.54 Å². The summed E-state index contributed by atoms with van der Waals surface area (Å²) >= 11 is 1.19. The zero-order valence-electron chi connectivity index (χ0n) is 13.9. The second kappa shape index (κ2) is 8.20. The highest BCUT2D eigenvalue weighted by atomic mass is 32.1. The molecule has 0 saturated carbocycles. The van der Waals surface area contributed by atoms with Crippen molar-refractivity contribution >= 4 is 27.5 Å². The molecular weight excluding hydrogens is 362 g/mol. The van der Waals surface area contributed by atoms with Crippen molar-refractivity contribution in [1.29, 1.82) is 0 Å². The standard InChI is InChI=1S/C18H16F2N2O3S/c1-24-9-8-22-14-7-6-12(19)10-16(14)26-18(22)21-17(23)11-25-15-5-3-2-4-13(15)20/h2-7,10H,8-9,11H2,1H3. The molecule has 0 unspecified atom stereocenters. The van der Waals surface area contributed by atoms with Crippen molar-refractivity contribution in [2.24, 2.45) is 4.99 Å². The van der Waals surface area contributed by atoms with Gasteiger partial charge in [0.2, 0.25) is 0 Å². The monoisotopic (exact) mass is 378 g/mol. The fourth-order valence-corrected chi connectivity index (χ4v) is 3.47. The Morgan fingerprint density at radius 3 is 2.81 bits per heavy atom. The topological polar surface area (TPSA) is 52.8 Å². The van der Waals surface area contributed by atoms with E-state index in [1.807, 2.05) is 0 Å². The lowest BCUT2D eigenvalue weighted by atomic mass is 10.3. The lowest BCUT2D eigenvalue weighted by Crippen LogP contribution is -2.21. The van der Waals surface area contributed by atoms with Gasteiger partial charge in [-0.2, -0.15) is 4.99 Å². The third kappa shape index (κ3) is 4.14. The van der Waals surface area contributed by atoms with E-state index in [1.165, 1.54) is 41.7 Å². The number of amides is 1. The molecule has 0 aliphatic rings. The van der Waals surface area contributed by atoms with Gasteiger partial charge in [0.15, 0.2) is 23.0 Å². The van der Waals surface area contributed by atoms with Gasteiger partial charge in [-0.3, -0.25) is 4.79 Å². The molecule has 0 saturated heterocycles. The number of aromatic nitrogens is 1. The molecule has 8 heteroatoms. The van der Waals surface area contributed by atoms with Crippen LogP contribution in [0, 0.1) is 11.6 Å². The molecular formula is C18H16F2N2O3S. The summed E-state index contributed by atoms with van der Waals surface area (Å²) < 4.78 is 39.7. The van der Waals surface area contributed by atoms with Gasteiger partial charge in [0.05, 0.1) is 16.8 Å². The van der Waals surface area contributed by atoms with Crippen LogP contribution in [0.4, 0.5) is 8.78 Å². The number of methoxy groups -OCH3 is 1. The van der Waals surface area contributed by atoms with E-state index in [0.29, 0.717) is 22.7 Å². The predicted octanol–water partition coefficient (Wildman–Crippen LogP) is 3.13. The summed E-state index contributed by atoms with van der Waals surface area (Å²) in [5.74, 6) is -1.49. The number of carbonyl (C=O) groups excluding carboxylic acids is 1. The zero-order chi connectivity index (χ0) is 18.5. The molecule has 0 aliphatic heterocycles. The zero-order valence-corrected chi connectivity index (χ0v) is 14.8. The number of fused-ring (bicyclic) bond motifs is 1. The van der Waals surface area contributed by atoms with E-state index in [1.54, 1.807) is 23.8 Å². The van der Waals surface area contributed by atoms with Crippen LogP contribution in [0.1, 0.15) is 0 Å². The highest BCUT2D eigenvalue weighted by Gasteiger charge is 2.10. The normalized spacial score (nSPS) is 11.9. The molecule has 26 heavy (non-hydrogen) atoms. The summed E-state index contributed by atoms with van der Waals surface area (Å²) in [6.07, 6.45) is 0. The number of hydrogen-bond acceptors (Lipinski definition) is 4. The Kier molecular flexibility index (Phi) is 5.75. The van der Waals surface area contributed by atoms with Gasteiger partial charge in [-0.25, -0.2) is 8.78 Å². The number of ether oxygens (including phenoxy) is 2. The van der Waals surface area contributed by atoms with Crippen molar-refractivity contribution in [3.63, 3.8) is 0 Å². The maximum atomic E-state index is 13.5. The minimum atomic E-state index is -0.563. The van der Waals surface area contributed by atoms with Crippen molar-refractivity contribution in [3.05, 3.63) is 58.9 Å². The van der Waals surface area contributed by atoms with Crippen molar-refractivity contribution in [2.75, 3.05) is 20.3 Å². The van der Waals surface area contributed by atoms with Crippen LogP contribution in [0.2, 0.25) is 0 Å². The van der Waals surface area contributed by atoms with Crippen LogP contribution in [0.5, 0.6) is 5.75 Å². The molecule has 2 aromatic carbocycles. The maximum absolute atomic E-state index is 13.5. The summed E-state index contributed by atoms with van der Waals surface area (Å²) in [5, 5.41) is 0. The van der Waals surface area contributed by atoms with E-state index in [9.17, 15) is 13.6 Å². The van der Waals surface area contributed by atoms with Gasteiger partial charge < -0.3 is 14.0 Å². The van der Waals surface area contributed by atoms with Gasteiger partial charge in [0.25, 0.3) is 5.91 Å². The first kappa shape index (κ1) is 18.2. The van der Waals surface area contributed by atoms with Gasteiger partial charge in [-0.15, -0.1) is 0 Å². The summed E-state index contributed by atoms with van der Waals surface area (Å²) in [5.41, 5.74) is 0.759. The van der Waals surface area contributed by atoms with Gasteiger partial charge in [0, 0.05) is 13.7 Å². The molecule has 5 nitrogen and oxygen atoms in total. The number of rotatable bonds is 6. The van der Waals surface area contributed by atoms with E-state index in [2.05, 4.69) is 4.99 Å². The lowest BCUT2D eigenvalue weighted by molar-refractivity contribution is -0.120. The van der Waals surface area contributed by atoms with Crippen molar-refractivity contribution < 1.29 is 23.0 Å². The number of para-hydroxylation sites is 1. The molecule has 3 rings (SSSR count). The Hall–Kier alpha value is -2.58. The number of thiazole rings is 1. The van der Waals surface area contributed by atoms with Crippen LogP contribution >= 0.6 is 11.3 Å². The van der Waals surface area contributed by atoms with Crippen LogP contribution in [-0.2, 0) is 16.1 Å².